The molecule has 0 saturated heterocycles. The molecule has 0 bridgehead atoms. The zero-order chi connectivity index (χ0) is 14.8. The Kier molecular flexibility index (Phi) is 3.49. The van der Waals surface area contributed by atoms with Crippen LogP contribution in [-0.2, 0) is 4.74 Å². The van der Waals surface area contributed by atoms with Crippen molar-refractivity contribution in [1.29, 1.82) is 0 Å². The van der Waals surface area contributed by atoms with Crippen molar-refractivity contribution in [2.75, 3.05) is 6.61 Å². The van der Waals surface area contributed by atoms with Gasteiger partial charge in [0.15, 0.2) is 0 Å². The van der Waals surface area contributed by atoms with Gasteiger partial charge in [0.25, 0.3) is 0 Å². The van der Waals surface area contributed by atoms with Crippen molar-refractivity contribution in [3.05, 3.63) is 53.2 Å². The lowest BCUT2D eigenvalue weighted by atomic mass is 10.1. The van der Waals surface area contributed by atoms with E-state index in [1.54, 1.807) is 35.9 Å². The highest BCUT2D eigenvalue weighted by Crippen LogP contribution is 2.23. The van der Waals surface area contributed by atoms with E-state index in [1.807, 2.05) is 0 Å². The molecule has 3 aromatic rings. The Labute approximate surface area is 124 Å². The average molecular weight is 301 g/mol. The fourth-order valence-corrected chi connectivity index (χ4v) is 2.85. The highest BCUT2D eigenvalue weighted by Gasteiger charge is 2.20. The second-order valence-electron chi connectivity index (χ2n) is 4.19. The third kappa shape index (κ3) is 2.43. The third-order valence-electron chi connectivity index (χ3n) is 2.83. The van der Waals surface area contributed by atoms with E-state index in [0.29, 0.717) is 27.6 Å². The summed E-state index contributed by atoms with van der Waals surface area (Å²) in [6.07, 6.45) is 6.22. The van der Waals surface area contributed by atoms with Gasteiger partial charge in [-0.15, -0.1) is 11.3 Å². The molecule has 0 unspecified atom stereocenters. The van der Waals surface area contributed by atoms with Gasteiger partial charge in [0.05, 0.1) is 6.61 Å². The van der Waals surface area contributed by atoms with E-state index in [1.165, 1.54) is 23.9 Å². The topological polar surface area (TPSA) is 73.6 Å². The Morgan fingerprint density at radius 2 is 2.29 bits per heavy atom. The minimum atomic E-state index is -0.397. The summed E-state index contributed by atoms with van der Waals surface area (Å²) >= 11 is 1.19. The van der Waals surface area contributed by atoms with Gasteiger partial charge in [-0.25, -0.2) is 9.78 Å². The van der Waals surface area contributed by atoms with E-state index < -0.39 is 5.97 Å². The lowest BCUT2D eigenvalue weighted by Crippen LogP contribution is -2.02. The minimum absolute atomic E-state index is 0.220. The molecule has 0 atom stereocenters. The number of fused-ring (bicyclic) bond motifs is 1. The van der Waals surface area contributed by atoms with Crippen molar-refractivity contribution in [2.24, 2.45) is 0 Å². The Morgan fingerprint density at radius 1 is 1.43 bits per heavy atom. The van der Waals surface area contributed by atoms with Crippen LogP contribution >= 0.6 is 11.3 Å². The number of hydrogen-bond donors (Lipinski definition) is 0. The van der Waals surface area contributed by atoms with Crippen LogP contribution in [0, 0.1) is 0 Å². The molecule has 0 amide bonds. The smallest absolute Gasteiger partial charge is 0.349 e. The van der Waals surface area contributed by atoms with E-state index in [2.05, 4.69) is 9.97 Å². The fraction of sp³-hybridized carbons (Fsp3) is 0.143. The van der Waals surface area contributed by atoms with Gasteiger partial charge in [-0.3, -0.25) is 14.2 Å². The summed E-state index contributed by atoms with van der Waals surface area (Å²) in [4.78, 5) is 33.2. The quantitative estimate of drug-likeness (QED) is 0.545. The summed E-state index contributed by atoms with van der Waals surface area (Å²) < 4.78 is 6.61. The third-order valence-corrected chi connectivity index (χ3v) is 3.92. The summed E-state index contributed by atoms with van der Waals surface area (Å²) in [5, 5.41) is 0. The van der Waals surface area contributed by atoms with Gasteiger partial charge in [0.2, 0.25) is 5.78 Å². The number of aromatic nitrogens is 3. The van der Waals surface area contributed by atoms with E-state index >= 15 is 0 Å². The molecule has 3 heterocycles. The number of esters is 1. The molecule has 0 spiro atoms. The number of carbonyl (C=O) groups excluding carboxylic acids is 2. The van der Waals surface area contributed by atoms with Crippen molar-refractivity contribution in [2.45, 2.75) is 6.92 Å². The molecule has 0 N–H and O–H groups in total. The molecule has 106 valence electrons. The largest absolute Gasteiger partial charge is 0.462 e. The zero-order valence-corrected chi connectivity index (χ0v) is 12.0. The molecule has 0 aromatic carbocycles. The highest BCUT2D eigenvalue weighted by molar-refractivity contribution is 7.19. The van der Waals surface area contributed by atoms with Crippen LogP contribution < -0.4 is 0 Å². The Bertz CT molecular complexity index is 807. The number of ether oxygens (including phenoxy) is 1. The number of carbonyl (C=O) groups is 2. The molecular formula is C14H11N3O3S. The van der Waals surface area contributed by atoms with Crippen LogP contribution in [0.2, 0.25) is 0 Å². The maximum atomic E-state index is 12.4. The first kappa shape index (κ1) is 13.4. The first-order chi connectivity index (χ1) is 10.2. The van der Waals surface area contributed by atoms with Crippen LogP contribution in [0.25, 0.3) is 4.83 Å². The summed E-state index contributed by atoms with van der Waals surface area (Å²) in [5.41, 5.74) is 0.771. The molecular weight excluding hydrogens is 290 g/mol. The Morgan fingerprint density at radius 3 is 3.00 bits per heavy atom. The molecule has 7 heteroatoms. The SMILES string of the molecule is CCOC(=O)c1cn2cnc(C(=O)c3cccnc3)c2s1. The van der Waals surface area contributed by atoms with E-state index in [0.717, 1.165) is 0 Å². The molecule has 0 fully saturated rings. The number of rotatable bonds is 4. The Hall–Kier alpha value is -2.54. The molecule has 0 saturated carbocycles. The molecule has 0 aliphatic rings. The van der Waals surface area contributed by atoms with Gasteiger partial charge in [0, 0.05) is 24.2 Å². The van der Waals surface area contributed by atoms with E-state index in [4.69, 9.17) is 4.74 Å². The van der Waals surface area contributed by atoms with E-state index in [-0.39, 0.29) is 5.78 Å². The molecule has 0 aliphatic carbocycles. The molecule has 0 aliphatic heterocycles. The first-order valence-corrected chi connectivity index (χ1v) is 7.10. The molecule has 0 radical (unpaired) electrons. The normalized spacial score (nSPS) is 10.7. The first-order valence-electron chi connectivity index (χ1n) is 6.29. The number of hydrogen-bond acceptors (Lipinski definition) is 6. The van der Waals surface area contributed by atoms with Gasteiger partial charge in [-0.1, -0.05) is 0 Å². The number of imidazole rings is 1. The maximum absolute atomic E-state index is 12.4. The summed E-state index contributed by atoms with van der Waals surface area (Å²) in [6.45, 7) is 2.06. The van der Waals surface area contributed by atoms with Crippen molar-refractivity contribution < 1.29 is 14.3 Å². The molecule has 3 rings (SSSR count). The van der Waals surface area contributed by atoms with Crippen LogP contribution in [0.1, 0.15) is 32.6 Å². The predicted octanol–water partition coefficient (Wildman–Crippen LogP) is 2.20. The number of pyridine rings is 1. The minimum Gasteiger partial charge on any atom is -0.462 e. The standard InChI is InChI=1S/C14H11N3O3S/c1-2-20-14(19)10-7-17-8-16-11(13(17)21-10)12(18)9-4-3-5-15-6-9/h3-8H,2H2,1H3. The molecule has 3 aromatic heterocycles. The monoisotopic (exact) mass is 301 g/mol. The number of thiazole rings is 1. The van der Waals surface area contributed by atoms with E-state index in [9.17, 15) is 9.59 Å². The van der Waals surface area contributed by atoms with Gasteiger partial charge >= 0.3 is 5.97 Å². The van der Waals surface area contributed by atoms with Crippen molar-refractivity contribution in [3.63, 3.8) is 0 Å². The zero-order valence-electron chi connectivity index (χ0n) is 11.1. The van der Waals surface area contributed by atoms with Crippen molar-refractivity contribution in [1.82, 2.24) is 14.4 Å². The second kappa shape index (κ2) is 5.45. The highest BCUT2D eigenvalue weighted by atomic mass is 32.1. The van der Waals surface area contributed by atoms with Gasteiger partial charge in [0.1, 0.15) is 21.7 Å². The average Bonchev–Trinajstić information content (AvgIpc) is 3.08. The Balaban J connectivity index is 2.00. The summed E-state index contributed by atoms with van der Waals surface area (Å²) in [7, 11) is 0. The predicted molar refractivity (Wildman–Crippen MR) is 76.7 cm³/mol. The lowest BCUT2D eigenvalue weighted by Gasteiger charge is -1.97. The molecule has 6 nitrogen and oxygen atoms in total. The molecule has 21 heavy (non-hydrogen) atoms. The van der Waals surface area contributed by atoms with Crippen LogP contribution in [0.5, 0.6) is 0 Å². The van der Waals surface area contributed by atoms with Crippen LogP contribution in [0.15, 0.2) is 37.1 Å². The number of ketones is 1. The van der Waals surface area contributed by atoms with Gasteiger partial charge < -0.3 is 4.74 Å². The van der Waals surface area contributed by atoms with Gasteiger partial charge in [-0.2, -0.15) is 0 Å². The maximum Gasteiger partial charge on any atom is 0.349 e. The van der Waals surface area contributed by atoms with Crippen LogP contribution in [-0.4, -0.2) is 32.7 Å². The van der Waals surface area contributed by atoms with Crippen LogP contribution in [0.4, 0.5) is 0 Å². The van der Waals surface area contributed by atoms with Crippen molar-refractivity contribution >= 4 is 27.9 Å². The second-order valence-corrected chi connectivity index (χ2v) is 5.22. The van der Waals surface area contributed by atoms with Gasteiger partial charge in [-0.05, 0) is 19.1 Å². The lowest BCUT2D eigenvalue weighted by molar-refractivity contribution is 0.0531. The van der Waals surface area contributed by atoms with Crippen molar-refractivity contribution in [3.8, 4) is 0 Å². The summed E-state index contributed by atoms with van der Waals surface area (Å²) in [6, 6.07) is 3.37. The summed E-state index contributed by atoms with van der Waals surface area (Å²) in [5.74, 6) is -0.617. The van der Waals surface area contributed by atoms with Crippen LogP contribution in [0.3, 0.4) is 0 Å². The number of nitrogens with zero attached hydrogens (tertiary/aromatic N) is 3. The fourth-order valence-electron chi connectivity index (χ4n) is 1.89.